The van der Waals surface area contributed by atoms with Gasteiger partial charge in [0.25, 0.3) is 0 Å². The Balaban J connectivity index is 1.45. The topological polar surface area (TPSA) is 51.0 Å². The number of amides is 1. The van der Waals surface area contributed by atoms with Crippen molar-refractivity contribution in [3.05, 3.63) is 47.3 Å². The number of rotatable bonds is 3. The van der Waals surface area contributed by atoms with Crippen molar-refractivity contribution in [2.24, 2.45) is 5.92 Å². The molecule has 0 radical (unpaired) electrons. The maximum atomic E-state index is 13.4. The fraction of sp³-hybridized carbons (Fsp3) is 0.500. The summed E-state index contributed by atoms with van der Waals surface area (Å²) < 4.78 is 15.5. The average molecular weight is 328 g/mol. The van der Waals surface area contributed by atoms with Gasteiger partial charge in [-0.3, -0.25) is 4.79 Å². The molecule has 24 heavy (non-hydrogen) atoms. The maximum absolute atomic E-state index is 13.4. The van der Waals surface area contributed by atoms with Crippen molar-refractivity contribution < 1.29 is 9.18 Å². The summed E-state index contributed by atoms with van der Waals surface area (Å²) in [6.07, 6.45) is 0.808. The van der Waals surface area contributed by atoms with E-state index in [9.17, 15) is 9.18 Å². The minimum absolute atomic E-state index is 0.0224. The highest BCUT2D eigenvalue weighted by Gasteiger charge is 2.46. The van der Waals surface area contributed by atoms with Crippen molar-refractivity contribution >= 4 is 5.91 Å². The third-order valence-corrected chi connectivity index (χ3v) is 4.99. The van der Waals surface area contributed by atoms with Gasteiger partial charge in [0.05, 0.1) is 6.54 Å². The van der Waals surface area contributed by atoms with Gasteiger partial charge in [-0.1, -0.05) is 26.0 Å². The molecule has 4 rings (SSSR count). The summed E-state index contributed by atoms with van der Waals surface area (Å²) in [5.41, 5.74) is 0.927. The number of benzene rings is 1. The number of aromatic nitrogens is 3. The van der Waals surface area contributed by atoms with Crippen LogP contribution < -0.4 is 0 Å². The largest absolute Gasteiger partial charge is 0.333 e. The van der Waals surface area contributed by atoms with Crippen LogP contribution in [0, 0.1) is 11.7 Å². The Kier molecular flexibility index (Phi) is 3.62. The lowest BCUT2D eigenvalue weighted by Crippen LogP contribution is -2.39. The summed E-state index contributed by atoms with van der Waals surface area (Å²) in [6.45, 7) is 6.16. The van der Waals surface area contributed by atoms with Gasteiger partial charge in [0.15, 0.2) is 5.82 Å². The first-order chi connectivity index (χ1) is 11.5. The molecule has 1 aliphatic heterocycles. The van der Waals surface area contributed by atoms with Crippen molar-refractivity contribution in [2.45, 2.75) is 45.2 Å². The lowest BCUT2D eigenvalue weighted by atomic mass is 10.1. The summed E-state index contributed by atoms with van der Waals surface area (Å²) in [7, 11) is 0. The number of carbonyl (C=O) groups is 1. The first-order valence-corrected chi connectivity index (χ1v) is 8.51. The Morgan fingerprint density at radius 3 is 2.88 bits per heavy atom. The summed E-state index contributed by atoms with van der Waals surface area (Å²) in [6, 6.07) is 6.59. The third-order valence-electron chi connectivity index (χ3n) is 4.99. The monoisotopic (exact) mass is 328 g/mol. The predicted octanol–water partition coefficient (Wildman–Crippen LogP) is 2.69. The van der Waals surface area contributed by atoms with Crippen LogP contribution >= 0.6 is 0 Å². The molecule has 1 saturated carbocycles. The third kappa shape index (κ3) is 2.60. The number of hydrogen-bond donors (Lipinski definition) is 0. The minimum atomic E-state index is -0.238. The van der Waals surface area contributed by atoms with Crippen LogP contribution in [-0.2, 0) is 17.9 Å². The van der Waals surface area contributed by atoms with Crippen LogP contribution in [-0.4, -0.2) is 32.1 Å². The van der Waals surface area contributed by atoms with E-state index in [-0.39, 0.29) is 23.6 Å². The first kappa shape index (κ1) is 15.3. The normalized spacial score (nSPS) is 22.6. The molecular weight excluding hydrogens is 307 g/mol. The van der Waals surface area contributed by atoms with Gasteiger partial charge in [-0.15, -0.1) is 10.2 Å². The number of halogens is 1. The van der Waals surface area contributed by atoms with Crippen LogP contribution in [0.5, 0.6) is 0 Å². The molecule has 0 spiro atoms. The molecule has 1 aromatic carbocycles. The summed E-state index contributed by atoms with van der Waals surface area (Å²) in [4.78, 5) is 14.6. The van der Waals surface area contributed by atoms with Gasteiger partial charge in [0.1, 0.15) is 11.6 Å². The molecule has 1 fully saturated rings. The molecule has 6 heteroatoms. The second-order valence-electron chi connectivity index (χ2n) is 7.04. The Morgan fingerprint density at radius 2 is 2.12 bits per heavy atom. The zero-order valence-corrected chi connectivity index (χ0v) is 13.9. The Morgan fingerprint density at radius 1 is 1.29 bits per heavy atom. The number of carbonyl (C=O) groups excluding carboxylic acids is 1. The molecule has 1 aromatic heterocycles. The molecule has 2 aliphatic rings. The molecule has 2 aromatic rings. The van der Waals surface area contributed by atoms with Gasteiger partial charge in [0.2, 0.25) is 5.91 Å². The van der Waals surface area contributed by atoms with Gasteiger partial charge >= 0.3 is 0 Å². The van der Waals surface area contributed by atoms with E-state index in [1.165, 1.54) is 6.07 Å². The molecule has 0 bridgehead atoms. The Labute approximate surface area is 140 Å². The van der Waals surface area contributed by atoms with E-state index < -0.39 is 0 Å². The molecule has 5 nitrogen and oxygen atoms in total. The molecule has 1 aliphatic carbocycles. The van der Waals surface area contributed by atoms with Gasteiger partial charge < -0.3 is 9.47 Å². The Hall–Kier alpha value is -2.24. The van der Waals surface area contributed by atoms with Crippen molar-refractivity contribution in [1.29, 1.82) is 0 Å². The maximum Gasteiger partial charge on any atom is 0.226 e. The van der Waals surface area contributed by atoms with E-state index in [1.807, 2.05) is 11.0 Å². The fourth-order valence-corrected chi connectivity index (χ4v) is 3.60. The molecule has 1 amide bonds. The van der Waals surface area contributed by atoms with E-state index in [0.29, 0.717) is 19.0 Å². The van der Waals surface area contributed by atoms with Gasteiger partial charge in [-0.25, -0.2) is 4.39 Å². The minimum Gasteiger partial charge on any atom is -0.333 e. The first-order valence-electron chi connectivity index (χ1n) is 8.51. The zero-order chi connectivity index (χ0) is 16.8. The summed E-state index contributed by atoms with van der Waals surface area (Å²) in [5, 5.41) is 8.51. The van der Waals surface area contributed by atoms with Gasteiger partial charge in [0, 0.05) is 24.9 Å². The predicted molar refractivity (Wildman–Crippen MR) is 86.8 cm³/mol. The second kappa shape index (κ2) is 5.69. The van der Waals surface area contributed by atoms with E-state index in [4.69, 9.17) is 0 Å². The van der Waals surface area contributed by atoms with Gasteiger partial charge in [-0.2, -0.15) is 0 Å². The summed E-state index contributed by atoms with van der Waals surface area (Å²) >= 11 is 0. The molecule has 2 heterocycles. The second-order valence-corrected chi connectivity index (χ2v) is 7.04. The van der Waals surface area contributed by atoms with E-state index in [1.54, 1.807) is 12.1 Å². The van der Waals surface area contributed by atoms with Crippen LogP contribution in [0.25, 0.3) is 0 Å². The SMILES string of the molecule is CC(C)c1nnc2n1CCN(C(=O)[C@@H]1C[C@H]1c1cccc(F)c1)C2. The molecule has 0 unspecified atom stereocenters. The fourth-order valence-electron chi connectivity index (χ4n) is 3.60. The lowest BCUT2D eigenvalue weighted by Gasteiger charge is -2.28. The van der Waals surface area contributed by atoms with Crippen LogP contribution in [0.4, 0.5) is 4.39 Å². The number of fused-ring (bicyclic) bond motifs is 1. The number of nitrogens with zero attached hydrogens (tertiary/aromatic N) is 4. The molecular formula is C18H21FN4O. The molecule has 0 saturated heterocycles. The van der Waals surface area contributed by atoms with Crippen molar-refractivity contribution in [1.82, 2.24) is 19.7 Å². The highest BCUT2D eigenvalue weighted by molar-refractivity contribution is 5.83. The van der Waals surface area contributed by atoms with E-state index in [2.05, 4.69) is 28.6 Å². The molecule has 0 N–H and O–H groups in total. The highest BCUT2D eigenvalue weighted by atomic mass is 19.1. The van der Waals surface area contributed by atoms with E-state index in [0.717, 1.165) is 30.2 Å². The van der Waals surface area contributed by atoms with Crippen molar-refractivity contribution in [2.75, 3.05) is 6.54 Å². The quantitative estimate of drug-likeness (QED) is 0.870. The van der Waals surface area contributed by atoms with Crippen molar-refractivity contribution in [3.63, 3.8) is 0 Å². The standard InChI is InChI=1S/C18H21FN4O/c1-11(2)17-21-20-16-10-22(6-7-23(16)17)18(24)15-9-14(15)12-4-3-5-13(19)8-12/h3-5,8,11,14-15H,6-7,9-10H2,1-2H3/t14-,15+/m0/s1. The average Bonchev–Trinajstić information content (AvgIpc) is 3.25. The van der Waals surface area contributed by atoms with Crippen molar-refractivity contribution in [3.8, 4) is 0 Å². The van der Waals surface area contributed by atoms with E-state index >= 15 is 0 Å². The molecule has 2 atom stereocenters. The summed E-state index contributed by atoms with van der Waals surface area (Å²) in [5.74, 6) is 2.23. The van der Waals surface area contributed by atoms with Crippen LogP contribution in [0.15, 0.2) is 24.3 Å². The smallest absolute Gasteiger partial charge is 0.226 e. The van der Waals surface area contributed by atoms with Crippen LogP contribution in [0.3, 0.4) is 0 Å². The van der Waals surface area contributed by atoms with Crippen LogP contribution in [0.2, 0.25) is 0 Å². The zero-order valence-electron chi connectivity index (χ0n) is 13.9. The van der Waals surface area contributed by atoms with Crippen LogP contribution in [0.1, 0.15) is 49.3 Å². The molecule has 126 valence electrons. The Bertz CT molecular complexity index is 785. The lowest BCUT2D eigenvalue weighted by molar-refractivity contribution is -0.134. The van der Waals surface area contributed by atoms with Gasteiger partial charge in [-0.05, 0) is 30.0 Å². The number of hydrogen-bond acceptors (Lipinski definition) is 3. The highest BCUT2D eigenvalue weighted by Crippen LogP contribution is 2.48.